The molecule has 11 nitrogen and oxygen atoms in total. The van der Waals surface area contributed by atoms with E-state index in [4.69, 9.17) is 14.2 Å². The van der Waals surface area contributed by atoms with Gasteiger partial charge in [-0.1, -0.05) is 51.1 Å². The lowest BCUT2D eigenvalue weighted by atomic mass is 9.43. The Morgan fingerprint density at radius 2 is 1.83 bits per heavy atom. The normalized spacial score (nSPS) is 41.4. The van der Waals surface area contributed by atoms with Crippen LogP contribution in [0.4, 0.5) is 4.79 Å². The fraction of sp³-hybridized carbons (Fsp3) is 0.677. The van der Waals surface area contributed by atoms with Crippen LogP contribution in [0.25, 0.3) is 0 Å². The lowest BCUT2D eigenvalue weighted by Gasteiger charge is -2.67. The first-order valence-electron chi connectivity index (χ1n) is 14.5. The fourth-order valence-electron chi connectivity index (χ4n) is 8.32. The number of hydrogen-bond donors (Lipinski definition) is 6. The number of fused-ring (bicyclic) bond motifs is 5. The number of Topliss-reactive ketones (excluding diaryl/α,β-unsaturated/α-hetero) is 1. The number of benzene rings is 1. The third kappa shape index (κ3) is 4.52. The largest absolute Gasteiger partial charge is 0.445 e. The average Bonchev–Trinajstić information content (AvgIpc) is 2.94. The zero-order chi connectivity index (χ0) is 30.8. The van der Waals surface area contributed by atoms with E-state index in [1.54, 1.807) is 34.6 Å². The van der Waals surface area contributed by atoms with E-state index >= 15 is 0 Å². The summed E-state index contributed by atoms with van der Waals surface area (Å²) in [6, 6.07) is 9.12. The second-order valence-corrected chi connectivity index (χ2v) is 13.2. The molecule has 1 amide bonds. The van der Waals surface area contributed by atoms with Crippen LogP contribution in [0.15, 0.2) is 41.5 Å². The maximum Gasteiger partial charge on any atom is 0.407 e. The van der Waals surface area contributed by atoms with E-state index in [0.29, 0.717) is 5.57 Å². The number of carbonyl (C=O) groups excluding carboxylic acids is 2. The highest BCUT2D eigenvalue weighted by Crippen LogP contribution is 2.64. The summed E-state index contributed by atoms with van der Waals surface area (Å²) in [4.78, 5) is 26.3. The number of amides is 1. The van der Waals surface area contributed by atoms with Crippen molar-refractivity contribution in [2.45, 2.75) is 96.0 Å². The minimum absolute atomic E-state index is 0.0306. The molecule has 3 aliphatic carbocycles. The molecule has 1 saturated heterocycles. The molecule has 42 heavy (non-hydrogen) atoms. The summed E-state index contributed by atoms with van der Waals surface area (Å²) in [5, 5.41) is 60.3. The average molecular weight is 590 g/mol. The first-order valence-corrected chi connectivity index (χ1v) is 14.5. The van der Waals surface area contributed by atoms with Crippen molar-refractivity contribution in [3.63, 3.8) is 0 Å². The van der Waals surface area contributed by atoms with E-state index in [9.17, 15) is 35.1 Å². The molecular weight excluding hydrogens is 546 g/mol. The van der Waals surface area contributed by atoms with Crippen molar-refractivity contribution in [2.24, 2.45) is 22.7 Å². The molecule has 2 saturated carbocycles. The van der Waals surface area contributed by atoms with Gasteiger partial charge in [0.15, 0.2) is 12.1 Å². The van der Waals surface area contributed by atoms with Gasteiger partial charge in [-0.25, -0.2) is 4.79 Å². The molecule has 1 aromatic rings. The van der Waals surface area contributed by atoms with Gasteiger partial charge in [0.1, 0.15) is 18.3 Å². The summed E-state index contributed by atoms with van der Waals surface area (Å²) in [6.07, 6.45) is -6.78. The number of alkyl carbamates (subject to hydrolysis) is 1. The van der Waals surface area contributed by atoms with Crippen molar-refractivity contribution in [1.29, 1.82) is 0 Å². The highest BCUT2D eigenvalue weighted by atomic mass is 16.6. The summed E-state index contributed by atoms with van der Waals surface area (Å²) in [7, 11) is 0. The number of aliphatic hydroxyl groups excluding tert-OH is 3. The Morgan fingerprint density at radius 3 is 2.45 bits per heavy atom. The number of carbonyl (C=O) groups is 2. The van der Waals surface area contributed by atoms with Crippen LogP contribution in [-0.2, 0) is 25.6 Å². The standard InChI is InChI=1S/C31H43NO10/c1-16-19(42-22(34)13-32-27(37)40-14-18-9-7-6-8-10-18)12-31(39)17(2)25-29(5,20(33)11-21-30(25,38)15-41-21)26(36)24(35)23(16)28(31,3)4/h6-10,17,19-22,24-25,33-35,38-39H,11-15H2,1-5H3,(H,32,37)/t17?,19?,20?,21?,22?,24?,25?,29-,30?,31?/m1/s1. The summed E-state index contributed by atoms with van der Waals surface area (Å²) >= 11 is 0. The van der Waals surface area contributed by atoms with Crippen LogP contribution in [0.3, 0.4) is 0 Å². The van der Waals surface area contributed by atoms with Gasteiger partial charge >= 0.3 is 6.09 Å². The fourth-order valence-corrected chi connectivity index (χ4v) is 8.32. The minimum Gasteiger partial charge on any atom is -0.445 e. The monoisotopic (exact) mass is 589 g/mol. The zero-order valence-corrected chi connectivity index (χ0v) is 24.7. The molecule has 232 valence electrons. The van der Waals surface area contributed by atoms with Crippen molar-refractivity contribution in [1.82, 2.24) is 5.32 Å². The number of rotatable bonds is 6. The molecule has 0 radical (unpaired) electrons. The van der Waals surface area contributed by atoms with Crippen molar-refractivity contribution in [3.05, 3.63) is 47.0 Å². The van der Waals surface area contributed by atoms with Crippen LogP contribution in [0, 0.1) is 22.7 Å². The van der Waals surface area contributed by atoms with E-state index in [2.05, 4.69) is 5.32 Å². The van der Waals surface area contributed by atoms with Gasteiger partial charge in [0.05, 0.1) is 42.5 Å². The molecule has 3 fully saturated rings. The molecule has 11 heteroatoms. The van der Waals surface area contributed by atoms with E-state index < -0.39 is 76.5 Å². The van der Waals surface area contributed by atoms with E-state index in [1.807, 2.05) is 30.3 Å². The van der Waals surface area contributed by atoms with Crippen molar-refractivity contribution in [3.8, 4) is 0 Å². The highest BCUT2D eigenvalue weighted by Gasteiger charge is 2.74. The summed E-state index contributed by atoms with van der Waals surface area (Å²) in [5.41, 5.74) is -4.30. The van der Waals surface area contributed by atoms with E-state index in [1.165, 1.54) is 0 Å². The summed E-state index contributed by atoms with van der Waals surface area (Å²) < 4.78 is 16.7. The molecule has 1 aliphatic heterocycles. The Bertz CT molecular complexity index is 1250. The SMILES string of the molecule is CC1=C2C(O)C(=O)[C@]3(C)C(O)CC4OCC4(O)C3C(C)C(O)(CC1OC(O)CNC(=O)OCc1ccccc1)C2(C)C. The quantitative estimate of drug-likeness (QED) is 0.209. The lowest BCUT2D eigenvalue weighted by Crippen LogP contribution is -2.78. The minimum atomic E-state index is -1.70. The third-order valence-electron chi connectivity index (χ3n) is 10.8. The van der Waals surface area contributed by atoms with Gasteiger partial charge in [0.2, 0.25) is 0 Å². The number of nitrogens with one attached hydrogen (secondary N) is 1. The van der Waals surface area contributed by atoms with Gasteiger partial charge in [-0.05, 0) is 36.5 Å². The Kier molecular flexibility index (Phi) is 7.88. The van der Waals surface area contributed by atoms with Crippen LogP contribution >= 0.6 is 0 Å². The smallest absolute Gasteiger partial charge is 0.407 e. The van der Waals surface area contributed by atoms with Gasteiger partial charge in [-0.15, -0.1) is 0 Å². The second kappa shape index (κ2) is 10.7. The molecule has 0 spiro atoms. The van der Waals surface area contributed by atoms with Gasteiger partial charge in [0, 0.05) is 24.2 Å². The zero-order valence-electron chi connectivity index (χ0n) is 24.7. The Hall–Kier alpha value is -2.38. The van der Waals surface area contributed by atoms with Gasteiger partial charge in [-0.2, -0.15) is 0 Å². The maximum absolute atomic E-state index is 14.1. The first-order chi connectivity index (χ1) is 19.6. The predicted octanol–water partition coefficient (Wildman–Crippen LogP) is 1.19. The van der Waals surface area contributed by atoms with Crippen LogP contribution in [0.2, 0.25) is 0 Å². The van der Waals surface area contributed by atoms with Gasteiger partial charge < -0.3 is 45.1 Å². The molecule has 1 heterocycles. The Balaban J connectivity index is 1.40. The molecule has 9 unspecified atom stereocenters. The molecular formula is C31H43NO10. The molecule has 10 atom stereocenters. The number of ether oxygens (including phenoxy) is 3. The number of aliphatic hydroxyl groups is 5. The molecule has 1 aromatic carbocycles. The molecule has 4 aliphatic rings. The molecule has 6 N–H and O–H groups in total. The van der Waals surface area contributed by atoms with Crippen molar-refractivity contribution < 1.29 is 49.3 Å². The Labute approximate surface area is 245 Å². The lowest BCUT2D eigenvalue weighted by molar-refractivity contribution is -0.336. The second-order valence-electron chi connectivity index (χ2n) is 13.2. The number of hydrogen-bond acceptors (Lipinski definition) is 10. The summed E-state index contributed by atoms with van der Waals surface area (Å²) in [6.45, 7) is 8.17. The van der Waals surface area contributed by atoms with Crippen LogP contribution in [-0.4, -0.2) is 92.5 Å². The first kappa shape index (κ1) is 31.1. The maximum atomic E-state index is 14.1. The molecule has 0 aromatic heterocycles. The number of ketones is 1. The van der Waals surface area contributed by atoms with Crippen molar-refractivity contribution in [2.75, 3.05) is 13.2 Å². The van der Waals surface area contributed by atoms with Crippen LogP contribution in [0.5, 0.6) is 0 Å². The van der Waals surface area contributed by atoms with Gasteiger partial charge in [-0.3, -0.25) is 4.79 Å². The summed E-state index contributed by atoms with van der Waals surface area (Å²) in [5.74, 6) is -2.35. The predicted molar refractivity (Wildman–Crippen MR) is 149 cm³/mol. The van der Waals surface area contributed by atoms with Gasteiger partial charge in [0.25, 0.3) is 0 Å². The Morgan fingerprint density at radius 1 is 1.17 bits per heavy atom. The van der Waals surface area contributed by atoms with Crippen LogP contribution < -0.4 is 5.32 Å². The van der Waals surface area contributed by atoms with E-state index in [0.717, 1.165) is 5.56 Å². The van der Waals surface area contributed by atoms with Crippen LogP contribution in [0.1, 0.15) is 53.0 Å². The van der Waals surface area contributed by atoms with Crippen molar-refractivity contribution >= 4 is 11.9 Å². The third-order valence-corrected chi connectivity index (χ3v) is 10.8. The highest BCUT2D eigenvalue weighted by molar-refractivity contribution is 5.93. The molecule has 5 rings (SSSR count). The molecule has 2 bridgehead atoms. The van der Waals surface area contributed by atoms with E-state index in [-0.39, 0.29) is 38.2 Å². The topological polar surface area (TPSA) is 175 Å².